The summed E-state index contributed by atoms with van der Waals surface area (Å²) in [6.45, 7) is 7.70. The molecule has 0 saturated carbocycles. The summed E-state index contributed by atoms with van der Waals surface area (Å²) in [5.74, 6) is 1.59. The summed E-state index contributed by atoms with van der Waals surface area (Å²) in [5.41, 5.74) is 1.01. The van der Waals surface area contributed by atoms with E-state index in [1.165, 1.54) is 5.56 Å². The monoisotopic (exact) mass is 275 g/mol. The highest BCUT2D eigenvalue weighted by Crippen LogP contribution is 2.30. The molecule has 1 aliphatic rings. The van der Waals surface area contributed by atoms with Crippen molar-refractivity contribution in [1.29, 1.82) is 0 Å². The molecule has 0 N–H and O–H groups in total. The molecule has 0 aromatic heterocycles. The molecule has 1 heterocycles. The van der Waals surface area contributed by atoms with Gasteiger partial charge in [0, 0.05) is 24.4 Å². The van der Waals surface area contributed by atoms with Gasteiger partial charge in [-0.3, -0.25) is 4.79 Å². The van der Waals surface area contributed by atoms with Crippen molar-refractivity contribution in [2.45, 2.75) is 39.5 Å². The van der Waals surface area contributed by atoms with Crippen molar-refractivity contribution in [1.82, 2.24) is 4.90 Å². The summed E-state index contributed by atoms with van der Waals surface area (Å²) in [6, 6.07) is 8.24. The maximum atomic E-state index is 12.4. The molecule has 110 valence electrons. The smallest absolute Gasteiger partial charge is 0.227 e. The van der Waals surface area contributed by atoms with Crippen molar-refractivity contribution < 1.29 is 9.53 Å². The summed E-state index contributed by atoms with van der Waals surface area (Å²) in [5, 5.41) is 0. The van der Waals surface area contributed by atoms with Gasteiger partial charge in [0.2, 0.25) is 5.91 Å². The van der Waals surface area contributed by atoms with Gasteiger partial charge in [-0.2, -0.15) is 0 Å². The largest absolute Gasteiger partial charge is 0.497 e. The maximum Gasteiger partial charge on any atom is 0.227 e. The Labute approximate surface area is 121 Å². The zero-order valence-electron chi connectivity index (χ0n) is 13.0. The molecule has 1 amide bonds. The fourth-order valence-corrected chi connectivity index (χ4v) is 2.78. The third-order valence-electron chi connectivity index (χ3n) is 3.94. The molecule has 1 aromatic rings. The average molecular weight is 275 g/mol. The topological polar surface area (TPSA) is 29.5 Å². The van der Waals surface area contributed by atoms with Crippen molar-refractivity contribution in [2.24, 2.45) is 5.41 Å². The zero-order valence-corrected chi connectivity index (χ0v) is 13.0. The van der Waals surface area contributed by atoms with E-state index in [1.54, 1.807) is 7.11 Å². The number of benzene rings is 1. The van der Waals surface area contributed by atoms with Gasteiger partial charge in [0.25, 0.3) is 0 Å². The van der Waals surface area contributed by atoms with Gasteiger partial charge in [0.15, 0.2) is 0 Å². The molecule has 0 spiro atoms. The molecule has 3 heteroatoms. The second-order valence-electron chi connectivity index (χ2n) is 6.61. The Bertz CT molecular complexity index is 459. The van der Waals surface area contributed by atoms with Crippen molar-refractivity contribution in [3.05, 3.63) is 29.8 Å². The first-order valence-electron chi connectivity index (χ1n) is 7.35. The van der Waals surface area contributed by atoms with E-state index in [4.69, 9.17) is 4.74 Å². The number of amides is 1. The first-order valence-corrected chi connectivity index (χ1v) is 7.35. The molecule has 0 radical (unpaired) electrons. The molecule has 1 aromatic carbocycles. The average Bonchev–Trinajstić information content (AvgIpc) is 2.46. The number of carbonyl (C=O) groups excluding carboxylic acids is 1. The van der Waals surface area contributed by atoms with E-state index < -0.39 is 0 Å². The first kappa shape index (κ1) is 14.9. The van der Waals surface area contributed by atoms with Crippen LogP contribution in [0.4, 0.5) is 0 Å². The number of methoxy groups -OCH3 is 1. The standard InChI is InChI=1S/C17H25NO2/c1-17(2,3)16(19)18-11-5-6-14(12-18)13-7-9-15(20-4)10-8-13/h7-10,14H,5-6,11-12H2,1-4H3. The Morgan fingerprint density at radius 1 is 1.25 bits per heavy atom. The van der Waals surface area contributed by atoms with Gasteiger partial charge in [0.1, 0.15) is 5.75 Å². The minimum atomic E-state index is -0.290. The number of ether oxygens (including phenoxy) is 1. The van der Waals surface area contributed by atoms with E-state index in [0.29, 0.717) is 5.92 Å². The van der Waals surface area contributed by atoms with Gasteiger partial charge < -0.3 is 9.64 Å². The number of likely N-dealkylation sites (tertiary alicyclic amines) is 1. The van der Waals surface area contributed by atoms with E-state index in [-0.39, 0.29) is 11.3 Å². The van der Waals surface area contributed by atoms with Crippen LogP contribution in [0.2, 0.25) is 0 Å². The third-order valence-corrected chi connectivity index (χ3v) is 3.94. The van der Waals surface area contributed by atoms with E-state index in [9.17, 15) is 4.79 Å². The minimum absolute atomic E-state index is 0.260. The van der Waals surface area contributed by atoms with Gasteiger partial charge in [-0.05, 0) is 30.5 Å². The van der Waals surface area contributed by atoms with Crippen LogP contribution in [0.25, 0.3) is 0 Å². The highest BCUT2D eigenvalue weighted by atomic mass is 16.5. The van der Waals surface area contributed by atoms with E-state index >= 15 is 0 Å². The van der Waals surface area contributed by atoms with Crippen LogP contribution in [0.3, 0.4) is 0 Å². The highest BCUT2D eigenvalue weighted by molar-refractivity contribution is 5.81. The Balaban J connectivity index is 2.08. The number of piperidine rings is 1. The van der Waals surface area contributed by atoms with Crippen LogP contribution >= 0.6 is 0 Å². The zero-order chi connectivity index (χ0) is 14.8. The molecule has 2 rings (SSSR count). The Kier molecular flexibility index (Phi) is 4.36. The predicted molar refractivity (Wildman–Crippen MR) is 81.0 cm³/mol. The predicted octanol–water partition coefficient (Wildman–Crippen LogP) is 3.45. The number of carbonyl (C=O) groups is 1. The molecular weight excluding hydrogens is 250 g/mol. The lowest BCUT2D eigenvalue weighted by Crippen LogP contribution is -2.44. The van der Waals surface area contributed by atoms with Crippen LogP contribution in [0.15, 0.2) is 24.3 Å². The van der Waals surface area contributed by atoms with Crippen molar-refractivity contribution in [3.8, 4) is 5.75 Å². The first-order chi connectivity index (χ1) is 9.41. The van der Waals surface area contributed by atoms with Crippen molar-refractivity contribution in [2.75, 3.05) is 20.2 Å². The number of rotatable bonds is 2. The van der Waals surface area contributed by atoms with Gasteiger partial charge in [-0.25, -0.2) is 0 Å². The van der Waals surface area contributed by atoms with E-state index in [0.717, 1.165) is 31.7 Å². The van der Waals surface area contributed by atoms with E-state index in [2.05, 4.69) is 12.1 Å². The minimum Gasteiger partial charge on any atom is -0.497 e. The van der Waals surface area contributed by atoms with Gasteiger partial charge in [0.05, 0.1) is 7.11 Å². The van der Waals surface area contributed by atoms with Gasteiger partial charge in [-0.1, -0.05) is 32.9 Å². The van der Waals surface area contributed by atoms with Crippen LogP contribution in [0.1, 0.15) is 45.1 Å². The quantitative estimate of drug-likeness (QED) is 0.827. The second kappa shape index (κ2) is 5.86. The van der Waals surface area contributed by atoms with Crippen LogP contribution in [-0.4, -0.2) is 31.0 Å². The van der Waals surface area contributed by atoms with Crippen LogP contribution in [0, 0.1) is 5.41 Å². The summed E-state index contributed by atoms with van der Waals surface area (Å²) < 4.78 is 5.20. The Morgan fingerprint density at radius 2 is 1.90 bits per heavy atom. The van der Waals surface area contributed by atoms with Crippen molar-refractivity contribution >= 4 is 5.91 Å². The van der Waals surface area contributed by atoms with Gasteiger partial charge >= 0.3 is 0 Å². The number of hydrogen-bond acceptors (Lipinski definition) is 2. The second-order valence-corrected chi connectivity index (χ2v) is 6.61. The molecule has 1 aliphatic heterocycles. The summed E-state index contributed by atoms with van der Waals surface area (Å²) >= 11 is 0. The lowest BCUT2D eigenvalue weighted by atomic mass is 9.88. The SMILES string of the molecule is COc1ccc(C2CCCN(C(=O)C(C)(C)C)C2)cc1. The number of hydrogen-bond donors (Lipinski definition) is 0. The molecule has 0 aliphatic carbocycles. The molecule has 1 atom stereocenters. The fourth-order valence-electron chi connectivity index (χ4n) is 2.78. The molecule has 1 unspecified atom stereocenters. The summed E-state index contributed by atoms with van der Waals surface area (Å²) in [7, 11) is 1.68. The van der Waals surface area contributed by atoms with Crippen LogP contribution < -0.4 is 4.74 Å². The molecule has 20 heavy (non-hydrogen) atoms. The molecule has 3 nitrogen and oxygen atoms in total. The lowest BCUT2D eigenvalue weighted by Gasteiger charge is -2.36. The molecule has 1 fully saturated rings. The Morgan fingerprint density at radius 3 is 2.45 bits per heavy atom. The third kappa shape index (κ3) is 3.33. The molecular formula is C17H25NO2. The highest BCUT2D eigenvalue weighted by Gasteiger charge is 2.31. The Hall–Kier alpha value is -1.51. The number of nitrogens with zero attached hydrogens (tertiary/aromatic N) is 1. The summed E-state index contributed by atoms with van der Waals surface area (Å²) in [4.78, 5) is 14.4. The normalized spacial score (nSPS) is 19.8. The maximum absolute atomic E-state index is 12.4. The van der Waals surface area contributed by atoms with Crippen LogP contribution in [0.5, 0.6) is 5.75 Å². The lowest BCUT2D eigenvalue weighted by molar-refractivity contribution is -0.140. The van der Waals surface area contributed by atoms with E-state index in [1.807, 2.05) is 37.8 Å². The molecule has 0 bridgehead atoms. The van der Waals surface area contributed by atoms with Gasteiger partial charge in [-0.15, -0.1) is 0 Å². The fraction of sp³-hybridized carbons (Fsp3) is 0.588. The summed E-state index contributed by atoms with van der Waals surface area (Å²) in [6.07, 6.45) is 2.23. The van der Waals surface area contributed by atoms with Crippen molar-refractivity contribution in [3.63, 3.8) is 0 Å². The molecule has 1 saturated heterocycles. The van der Waals surface area contributed by atoms with Crippen LogP contribution in [-0.2, 0) is 4.79 Å².